The number of carbonyl (C=O) groups excluding carboxylic acids is 1. The molecule has 0 aromatic heterocycles. The Morgan fingerprint density at radius 3 is 2.48 bits per heavy atom. The summed E-state index contributed by atoms with van der Waals surface area (Å²) in [6.07, 6.45) is 1.78. The fraction of sp³-hybridized carbons (Fsp3) is 0.200. The molecule has 1 aliphatic heterocycles. The van der Waals surface area contributed by atoms with E-state index in [4.69, 9.17) is 21.7 Å². The minimum atomic E-state index is -0.186. The highest BCUT2D eigenvalue weighted by Gasteiger charge is 2.22. The van der Waals surface area contributed by atoms with E-state index in [2.05, 4.69) is 34.2 Å². The number of aryl methyl sites for hydroxylation is 2. The molecule has 1 saturated heterocycles. The van der Waals surface area contributed by atoms with Gasteiger partial charge in [0.05, 0.1) is 4.91 Å². The van der Waals surface area contributed by atoms with Crippen molar-refractivity contribution in [2.75, 3.05) is 13.2 Å². The van der Waals surface area contributed by atoms with Gasteiger partial charge in [-0.3, -0.25) is 4.79 Å². The molecule has 0 saturated carbocycles. The molecule has 4 nitrogen and oxygen atoms in total. The standard InChI is InChI=1S/C20H18BrNO3S2/c1-12-3-5-16(13(2)9-12)24-7-8-25-17-6-4-15(21)10-14(17)11-18-19(23)22-20(26)27-18/h3-6,9-11H,7-8H2,1-2H3,(H,22,23,26). The molecule has 7 heteroatoms. The lowest BCUT2D eigenvalue weighted by Crippen LogP contribution is -2.17. The van der Waals surface area contributed by atoms with Crippen LogP contribution in [0.2, 0.25) is 0 Å². The number of thiocarbonyl (C=S) groups is 1. The molecule has 27 heavy (non-hydrogen) atoms. The van der Waals surface area contributed by atoms with Gasteiger partial charge in [0.1, 0.15) is 29.0 Å². The first-order valence-corrected chi connectivity index (χ1v) is 10.3. The highest BCUT2D eigenvalue weighted by Crippen LogP contribution is 2.31. The van der Waals surface area contributed by atoms with Crippen LogP contribution in [0.3, 0.4) is 0 Å². The van der Waals surface area contributed by atoms with Crippen LogP contribution in [0.4, 0.5) is 0 Å². The number of halogens is 1. The van der Waals surface area contributed by atoms with Crippen molar-refractivity contribution in [1.82, 2.24) is 5.32 Å². The number of hydrogen-bond donors (Lipinski definition) is 1. The second-order valence-corrected chi connectivity index (χ2v) is 8.63. The van der Waals surface area contributed by atoms with Gasteiger partial charge in [-0.25, -0.2) is 0 Å². The molecule has 2 aromatic carbocycles. The van der Waals surface area contributed by atoms with E-state index in [-0.39, 0.29) is 5.91 Å². The van der Waals surface area contributed by atoms with Crippen molar-refractivity contribution in [2.24, 2.45) is 0 Å². The van der Waals surface area contributed by atoms with E-state index >= 15 is 0 Å². The van der Waals surface area contributed by atoms with E-state index in [0.717, 1.165) is 21.3 Å². The molecule has 0 radical (unpaired) electrons. The lowest BCUT2D eigenvalue weighted by Gasteiger charge is -2.12. The Bertz CT molecular complexity index is 927. The Kier molecular flexibility index (Phi) is 6.57. The number of ether oxygens (including phenoxy) is 2. The van der Waals surface area contributed by atoms with Gasteiger partial charge in [-0.05, 0) is 49.8 Å². The molecule has 1 heterocycles. The van der Waals surface area contributed by atoms with E-state index in [9.17, 15) is 4.79 Å². The van der Waals surface area contributed by atoms with E-state index in [1.807, 2.05) is 37.3 Å². The minimum absolute atomic E-state index is 0.186. The second kappa shape index (κ2) is 8.91. The number of thioether (sulfide) groups is 1. The molecular weight excluding hydrogens is 446 g/mol. The van der Waals surface area contributed by atoms with E-state index in [1.54, 1.807) is 6.08 Å². The maximum Gasteiger partial charge on any atom is 0.263 e. The molecule has 140 valence electrons. The van der Waals surface area contributed by atoms with Crippen LogP contribution in [-0.2, 0) is 4.79 Å². The van der Waals surface area contributed by atoms with Crippen molar-refractivity contribution in [3.63, 3.8) is 0 Å². The van der Waals surface area contributed by atoms with E-state index in [1.165, 1.54) is 17.3 Å². The van der Waals surface area contributed by atoms with Gasteiger partial charge >= 0.3 is 0 Å². The number of nitrogens with one attached hydrogen (secondary N) is 1. The molecule has 1 amide bonds. The predicted molar refractivity (Wildman–Crippen MR) is 117 cm³/mol. The number of amides is 1. The van der Waals surface area contributed by atoms with Gasteiger partial charge in [-0.1, -0.05) is 57.6 Å². The molecule has 0 bridgehead atoms. The molecule has 1 fully saturated rings. The van der Waals surface area contributed by atoms with Crippen molar-refractivity contribution in [2.45, 2.75) is 13.8 Å². The average Bonchev–Trinajstić information content (AvgIpc) is 2.92. The number of rotatable bonds is 6. The third-order valence-corrected chi connectivity index (χ3v) is 5.49. The van der Waals surface area contributed by atoms with E-state index in [0.29, 0.717) is 28.2 Å². The van der Waals surface area contributed by atoms with Gasteiger partial charge < -0.3 is 14.8 Å². The molecule has 1 aliphatic rings. The van der Waals surface area contributed by atoms with Crippen LogP contribution in [0.1, 0.15) is 16.7 Å². The Labute approximate surface area is 176 Å². The molecule has 3 rings (SSSR count). The maximum absolute atomic E-state index is 11.9. The largest absolute Gasteiger partial charge is 0.490 e. The molecule has 0 atom stereocenters. The fourth-order valence-corrected chi connectivity index (χ4v) is 4.00. The van der Waals surface area contributed by atoms with Crippen molar-refractivity contribution in [1.29, 1.82) is 0 Å². The first kappa shape index (κ1) is 19.9. The van der Waals surface area contributed by atoms with Crippen molar-refractivity contribution >= 4 is 56.2 Å². The van der Waals surface area contributed by atoms with Gasteiger partial charge in [0, 0.05) is 10.0 Å². The van der Waals surface area contributed by atoms with Crippen LogP contribution >= 0.6 is 39.9 Å². The lowest BCUT2D eigenvalue weighted by atomic mass is 10.1. The van der Waals surface area contributed by atoms with Crippen molar-refractivity contribution in [3.05, 3.63) is 62.5 Å². The molecule has 0 spiro atoms. The van der Waals surface area contributed by atoms with Gasteiger partial charge in [-0.2, -0.15) is 0 Å². The minimum Gasteiger partial charge on any atom is -0.490 e. The highest BCUT2D eigenvalue weighted by molar-refractivity contribution is 9.10. The molecule has 0 aliphatic carbocycles. The summed E-state index contributed by atoms with van der Waals surface area (Å²) in [5.74, 6) is 1.35. The topological polar surface area (TPSA) is 47.6 Å². The Morgan fingerprint density at radius 2 is 1.81 bits per heavy atom. The fourth-order valence-electron chi connectivity index (χ4n) is 2.59. The number of hydrogen-bond acceptors (Lipinski definition) is 5. The summed E-state index contributed by atoms with van der Waals surface area (Å²) in [5.41, 5.74) is 3.11. The Balaban J connectivity index is 1.66. The first-order chi connectivity index (χ1) is 12.9. The summed E-state index contributed by atoms with van der Waals surface area (Å²) in [5, 5.41) is 2.62. The molecular formula is C20H18BrNO3S2. The first-order valence-electron chi connectivity index (χ1n) is 8.29. The second-order valence-electron chi connectivity index (χ2n) is 6.00. The molecule has 0 unspecified atom stereocenters. The van der Waals surface area contributed by atoms with Gasteiger partial charge in [0.15, 0.2) is 0 Å². The maximum atomic E-state index is 11.9. The Morgan fingerprint density at radius 1 is 1.11 bits per heavy atom. The van der Waals surface area contributed by atoms with Crippen molar-refractivity contribution in [3.8, 4) is 11.5 Å². The monoisotopic (exact) mass is 463 g/mol. The van der Waals surface area contributed by atoms with Crippen molar-refractivity contribution < 1.29 is 14.3 Å². The quantitative estimate of drug-likeness (QED) is 0.370. The van der Waals surface area contributed by atoms with Crippen LogP contribution in [0, 0.1) is 13.8 Å². The third kappa shape index (κ3) is 5.34. The lowest BCUT2D eigenvalue weighted by molar-refractivity contribution is -0.115. The Hall–Kier alpha value is -1.83. The summed E-state index contributed by atoms with van der Waals surface area (Å²) in [4.78, 5) is 12.4. The number of benzene rings is 2. The SMILES string of the molecule is Cc1ccc(OCCOc2ccc(Br)cc2C=C2SC(=S)NC2=O)c(C)c1. The zero-order valence-corrected chi connectivity index (χ0v) is 18.1. The molecule has 1 N–H and O–H groups in total. The van der Waals surface area contributed by atoms with Crippen LogP contribution < -0.4 is 14.8 Å². The average molecular weight is 464 g/mol. The predicted octanol–water partition coefficient (Wildman–Crippen LogP) is 5.01. The molecule has 2 aromatic rings. The van der Waals surface area contributed by atoms with Gasteiger partial charge in [-0.15, -0.1) is 0 Å². The normalized spacial score (nSPS) is 15.1. The zero-order chi connectivity index (χ0) is 19.4. The summed E-state index contributed by atoms with van der Waals surface area (Å²) in [6, 6.07) is 11.8. The number of carbonyl (C=O) groups is 1. The summed E-state index contributed by atoms with van der Waals surface area (Å²) in [6.45, 7) is 4.90. The van der Waals surface area contributed by atoms with E-state index < -0.39 is 0 Å². The third-order valence-electron chi connectivity index (χ3n) is 3.83. The van der Waals surface area contributed by atoms with Gasteiger partial charge in [0.2, 0.25) is 0 Å². The summed E-state index contributed by atoms with van der Waals surface area (Å²) in [7, 11) is 0. The zero-order valence-electron chi connectivity index (χ0n) is 14.9. The van der Waals surface area contributed by atoms with Crippen LogP contribution in [0.15, 0.2) is 45.8 Å². The van der Waals surface area contributed by atoms with Crippen LogP contribution in [-0.4, -0.2) is 23.4 Å². The smallest absolute Gasteiger partial charge is 0.263 e. The van der Waals surface area contributed by atoms with Gasteiger partial charge in [0.25, 0.3) is 5.91 Å². The summed E-state index contributed by atoms with van der Waals surface area (Å²) < 4.78 is 13.1. The summed E-state index contributed by atoms with van der Waals surface area (Å²) >= 11 is 9.74. The van der Waals surface area contributed by atoms with Crippen LogP contribution in [0.25, 0.3) is 6.08 Å². The highest BCUT2D eigenvalue weighted by atomic mass is 79.9. The van der Waals surface area contributed by atoms with Crippen LogP contribution in [0.5, 0.6) is 11.5 Å².